The summed E-state index contributed by atoms with van der Waals surface area (Å²) >= 11 is 0. The van der Waals surface area contributed by atoms with Gasteiger partial charge in [0.1, 0.15) is 6.04 Å². The predicted octanol–water partition coefficient (Wildman–Crippen LogP) is 4.35. The standard InChI is InChI=1S/C21H25F3N2O3S/c1-13-9-10-14(2)19(11-13)15(3)25-20(27)16(4)26(30(5,28)29)18-8-6-7-17(12-18)21(22,23)24/h6-12,15-16H,1-5H3,(H,25,27)/t15-,16+/m1/s1. The van der Waals surface area contributed by atoms with Crippen molar-refractivity contribution in [1.29, 1.82) is 0 Å². The lowest BCUT2D eigenvalue weighted by Crippen LogP contribution is -2.48. The van der Waals surface area contributed by atoms with E-state index in [2.05, 4.69) is 5.32 Å². The van der Waals surface area contributed by atoms with E-state index in [0.29, 0.717) is 4.31 Å². The highest BCUT2D eigenvalue weighted by atomic mass is 32.2. The van der Waals surface area contributed by atoms with Crippen molar-refractivity contribution in [2.24, 2.45) is 0 Å². The van der Waals surface area contributed by atoms with E-state index >= 15 is 0 Å². The molecule has 1 N–H and O–H groups in total. The number of sulfonamides is 1. The Labute approximate surface area is 175 Å². The van der Waals surface area contributed by atoms with Crippen LogP contribution in [0.15, 0.2) is 42.5 Å². The molecule has 0 bridgehead atoms. The first kappa shape index (κ1) is 23.7. The smallest absolute Gasteiger partial charge is 0.348 e. The van der Waals surface area contributed by atoms with Gasteiger partial charge >= 0.3 is 6.18 Å². The third-order valence-electron chi connectivity index (χ3n) is 4.78. The van der Waals surface area contributed by atoms with E-state index < -0.39 is 39.8 Å². The van der Waals surface area contributed by atoms with Crippen molar-refractivity contribution in [3.8, 4) is 0 Å². The summed E-state index contributed by atoms with van der Waals surface area (Å²) in [5, 5.41) is 2.76. The second-order valence-corrected chi connectivity index (χ2v) is 9.23. The summed E-state index contributed by atoms with van der Waals surface area (Å²) in [6.45, 7) is 6.92. The van der Waals surface area contributed by atoms with Crippen LogP contribution in [0.25, 0.3) is 0 Å². The van der Waals surface area contributed by atoms with Crippen LogP contribution >= 0.6 is 0 Å². The lowest BCUT2D eigenvalue weighted by atomic mass is 10.00. The molecule has 2 rings (SSSR count). The minimum Gasteiger partial charge on any atom is -0.348 e. The van der Waals surface area contributed by atoms with Gasteiger partial charge in [0.15, 0.2) is 0 Å². The van der Waals surface area contributed by atoms with Gasteiger partial charge in [-0.2, -0.15) is 13.2 Å². The van der Waals surface area contributed by atoms with E-state index in [4.69, 9.17) is 0 Å². The summed E-state index contributed by atoms with van der Waals surface area (Å²) in [5.41, 5.74) is 1.62. The van der Waals surface area contributed by atoms with Crippen LogP contribution < -0.4 is 9.62 Å². The maximum atomic E-state index is 13.1. The molecule has 0 unspecified atom stereocenters. The number of benzene rings is 2. The Morgan fingerprint density at radius 2 is 1.70 bits per heavy atom. The van der Waals surface area contributed by atoms with Crippen molar-refractivity contribution in [2.75, 3.05) is 10.6 Å². The maximum absolute atomic E-state index is 13.1. The zero-order valence-electron chi connectivity index (χ0n) is 17.4. The average Bonchev–Trinajstić information content (AvgIpc) is 2.62. The Bertz CT molecular complexity index is 1040. The summed E-state index contributed by atoms with van der Waals surface area (Å²) in [4.78, 5) is 12.8. The fourth-order valence-corrected chi connectivity index (χ4v) is 4.43. The van der Waals surface area contributed by atoms with Gasteiger partial charge in [-0.15, -0.1) is 0 Å². The van der Waals surface area contributed by atoms with Crippen LogP contribution in [0.5, 0.6) is 0 Å². The average molecular weight is 443 g/mol. The highest BCUT2D eigenvalue weighted by Crippen LogP contribution is 2.33. The predicted molar refractivity (Wildman–Crippen MR) is 111 cm³/mol. The van der Waals surface area contributed by atoms with Crippen molar-refractivity contribution in [3.05, 3.63) is 64.7 Å². The molecule has 2 aromatic rings. The molecule has 9 heteroatoms. The number of carbonyl (C=O) groups is 1. The number of hydrogen-bond acceptors (Lipinski definition) is 3. The Hall–Kier alpha value is -2.55. The molecule has 164 valence electrons. The lowest BCUT2D eigenvalue weighted by Gasteiger charge is -2.30. The largest absolute Gasteiger partial charge is 0.416 e. The zero-order valence-corrected chi connectivity index (χ0v) is 18.2. The van der Waals surface area contributed by atoms with Crippen LogP contribution in [0, 0.1) is 13.8 Å². The van der Waals surface area contributed by atoms with Crippen LogP contribution in [0.1, 0.15) is 42.1 Å². The maximum Gasteiger partial charge on any atom is 0.416 e. The molecule has 0 fully saturated rings. The molecular formula is C21H25F3N2O3S. The van der Waals surface area contributed by atoms with E-state index in [1.807, 2.05) is 32.0 Å². The molecule has 2 atom stereocenters. The van der Waals surface area contributed by atoms with Crippen molar-refractivity contribution < 1.29 is 26.4 Å². The molecule has 0 heterocycles. The minimum absolute atomic E-state index is 0.227. The molecule has 0 saturated carbocycles. The van der Waals surface area contributed by atoms with E-state index in [9.17, 15) is 26.4 Å². The molecule has 5 nitrogen and oxygen atoms in total. The Morgan fingerprint density at radius 1 is 1.07 bits per heavy atom. The van der Waals surface area contributed by atoms with Crippen molar-refractivity contribution >= 4 is 21.6 Å². The monoisotopic (exact) mass is 442 g/mol. The molecule has 1 amide bonds. The Kier molecular flexibility index (Phi) is 6.86. The molecule has 0 radical (unpaired) electrons. The summed E-state index contributed by atoms with van der Waals surface area (Å²) in [7, 11) is -4.03. The molecule has 0 aliphatic heterocycles. The second kappa shape index (κ2) is 8.67. The highest BCUT2D eigenvalue weighted by molar-refractivity contribution is 7.92. The molecular weight excluding hydrogens is 417 g/mol. The van der Waals surface area contributed by atoms with Gasteiger partial charge < -0.3 is 5.32 Å². The van der Waals surface area contributed by atoms with E-state index in [1.54, 1.807) is 6.92 Å². The third-order valence-corrected chi connectivity index (χ3v) is 6.02. The van der Waals surface area contributed by atoms with Gasteiger partial charge in [0.2, 0.25) is 15.9 Å². The van der Waals surface area contributed by atoms with Crippen molar-refractivity contribution in [3.63, 3.8) is 0 Å². The zero-order chi connectivity index (χ0) is 22.9. The number of anilines is 1. The number of halogens is 3. The molecule has 0 aliphatic carbocycles. The number of aryl methyl sites for hydroxylation is 2. The Morgan fingerprint density at radius 3 is 2.27 bits per heavy atom. The first-order valence-corrected chi connectivity index (χ1v) is 11.1. The first-order chi connectivity index (χ1) is 13.7. The second-order valence-electron chi connectivity index (χ2n) is 7.37. The fourth-order valence-electron chi connectivity index (χ4n) is 3.27. The lowest BCUT2D eigenvalue weighted by molar-refractivity contribution is -0.137. The molecule has 30 heavy (non-hydrogen) atoms. The molecule has 0 aromatic heterocycles. The molecule has 0 spiro atoms. The molecule has 0 saturated heterocycles. The van der Waals surface area contributed by atoms with E-state index in [-0.39, 0.29) is 5.69 Å². The number of rotatable bonds is 6. The summed E-state index contributed by atoms with van der Waals surface area (Å²) < 4.78 is 64.6. The van der Waals surface area contributed by atoms with Gasteiger partial charge in [0.25, 0.3) is 0 Å². The van der Waals surface area contributed by atoms with Gasteiger partial charge in [0.05, 0.1) is 23.5 Å². The summed E-state index contributed by atoms with van der Waals surface area (Å²) in [6, 6.07) is 8.02. The fraction of sp³-hybridized carbons (Fsp3) is 0.381. The van der Waals surface area contributed by atoms with Crippen LogP contribution in [0.3, 0.4) is 0 Å². The molecule has 0 aliphatic rings. The van der Waals surface area contributed by atoms with Crippen LogP contribution in [-0.2, 0) is 21.0 Å². The summed E-state index contributed by atoms with van der Waals surface area (Å²) in [5.74, 6) is -0.619. The van der Waals surface area contributed by atoms with Crippen LogP contribution in [0.4, 0.5) is 18.9 Å². The van der Waals surface area contributed by atoms with Gasteiger partial charge in [-0.1, -0.05) is 29.8 Å². The highest BCUT2D eigenvalue weighted by Gasteiger charge is 2.34. The van der Waals surface area contributed by atoms with Crippen molar-refractivity contribution in [2.45, 2.75) is 46.0 Å². The minimum atomic E-state index is -4.64. The normalized spacial score (nSPS) is 14.1. The number of hydrogen-bond donors (Lipinski definition) is 1. The van der Waals surface area contributed by atoms with Gasteiger partial charge in [-0.3, -0.25) is 9.10 Å². The number of nitrogens with zero attached hydrogens (tertiary/aromatic N) is 1. The molecule has 2 aromatic carbocycles. The summed E-state index contributed by atoms with van der Waals surface area (Å²) in [6.07, 6.45) is -3.78. The van der Waals surface area contributed by atoms with Crippen LogP contribution in [-0.4, -0.2) is 26.6 Å². The van der Waals surface area contributed by atoms with Gasteiger partial charge in [-0.05, 0) is 57.0 Å². The quantitative estimate of drug-likeness (QED) is 0.723. The van der Waals surface area contributed by atoms with Crippen molar-refractivity contribution in [1.82, 2.24) is 5.32 Å². The topological polar surface area (TPSA) is 66.5 Å². The Balaban J connectivity index is 2.35. The number of carbonyl (C=O) groups excluding carboxylic acids is 1. The number of amides is 1. The van der Waals surface area contributed by atoms with Gasteiger partial charge in [0, 0.05) is 0 Å². The third kappa shape index (κ3) is 5.53. The SMILES string of the molecule is Cc1ccc(C)c([C@@H](C)NC(=O)[C@H](C)N(c2cccc(C(F)(F)F)c2)S(C)(=O)=O)c1. The van der Waals surface area contributed by atoms with E-state index in [0.717, 1.165) is 41.1 Å². The van der Waals surface area contributed by atoms with Crippen LogP contribution in [0.2, 0.25) is 0 Å². The number of alkyl halides is 3. The van der Waals surface area contributed by atoms with E-state index in [1.165, 1.54) is 13.0 Å². The first-order valence-electron chi connectivity index (χ1n) is 9.26. The van der Waals surface area contributed by atoms with Gasteiger partial charge in [-0.25, -0.2) is 8.42 Å². The number of nitrogens with one attached hydrogen (secondary N) is 1.